The molecule has 1 aromatic carbocycles. The van der Waals surface area contributed by atoms with Gasteiger partial charge in [-0.2, -0.15) is 0 Å². The number of nitrogens with one attached hydrogen (secondary N) is 1. The maximum absolute atomic E-state index is 13.1. The van der Waals surface area contributed by atoms with Gasteiger partial charge >= 0.3 is 0 Å². The second-order valence-electron chi connectivity index (χ2n) is 6.39. The lowest BCUT2D eigenvalue weighted by atomic mass is 9.95. The maximum atomic E-state index is 13.1. The van der Waals surface area contributed by atoms with Crippen LogP contribution < -0.4 is 15.0 Å². The van der Waals surface area contributed by atoms with Crippen LogP contribution in [0.2, 0.25) is 0 Å². The van der Waals surface area contributed by atoms with Gasteiger partial charge in [-0.3, -0.25) is 9.78 Å². The number of anilines is 1. The van der Waals surface area contributed by atoms with Gasteiger partial charge in [0.05, 0.1) is 18.7 Å². The quantitative estimate of drug-likeness (QED) is 0.933. The maximum Gasteiger partial charge on any atom is 0.231 e. The van der Waals surface area contributed by atoms with E-state index in [1.54, 1.807) is 12.4 Å². The molecule has 0 bridgehead atoms. The minimum absolute atomic E-state index is 0.0344. The molecule has 2 aliphatic rings. The molecule has 0 saturated carbocycles. The van der Waals surface area contributed by atoms with Gasteiger partial charge in [0.15, 0.2) is 0 Å². The standard InChI is InChI=1S/C19H21N3O2/c23-19(22-9-7-14-4-1-2-6-18(14)22)17-12-21-10-15(17)13-24-16-5-3-8-20-11-16/h1-6,8,11,15,17,21H,7,9-10,12-13H2/t15-,17+/m0/s1. The number of carbonyl (C=O) groups is 1. The fraction of sp³-hybridized carbons (Fsp3) is 0.368. The molecule has 1 N–H and O–H groups in total. The van der Waals surface area contributed by atoms with Crippen molar-refractivity contribution in [2.45, 2.75) is 6.42 Å². The van der Waals surface area contributed by atoms with Gasteiger partial charge in [-0.15, -0.1) is 0 Å². The van der Waals surface area contributed by atoms with Crippen molar-refractivity contribution < 1.29 is 9.53 Å². The summed E-state index contributed by atoms with van der Waals surface area (Å²) in [5.74, 6) is 1.12. The molecule has 5 heteroatoms. The molecule has 5 nitrogen and oxygen atoms in total. The van der Waals surface area contributed by atoms with Crippen molar-refractivity contribution in [1.82, 2.24) is 10.3 Å². The third kappa shape index (κ3) is 2.87. The van der Waals surface area contributed by atoms with Crippen LogP contribution in [0.15, 0.2) is 48.8 Å². The van der Waals surface area contributed by atoms with E-state index in [1.807, 2.05) is 35.2 Å². The molecule has 0 spiro atoms. The van der Waals surface area contributed by atoms with E-state index in [0.717, 1.165) is 37.5 Å². The molecule has 0 aliphatic carbocycles. The molecular formula is C19H21N3O2. The summed E-state index contributed by atoms with van der Waals surface area (Å²) < 4.78 is 5.83. The van der Waals surface area contributed by atoms with E-state index in [1.165, 1.54) is 5.56 Å². The zero-order valence-electron chi connectivity index (χ0n) is 13.5. The third-order valence-corrected chi connectivity index (χ3v) is 4.91. The van der Waals surface area contributed by atoms with Crippen molar-refractivity contribution in [3.05, 3.63) is 54.4 Å². The molecular weight excluding hydrogens is 302 g/mol. The van der Waals surface area contributed by atoms with Crippen LogP contribution in [0.25, 0.3) is 0 Å². The molecule has 2 aromatic rings. The first-order valence-corrected chi connectivity index (χ1v) is 8.46. The normalized spacial score (nSPS) is 22.4. The summed E-state index contributed by atoms with van der Waals surface area (Å²) in [4.78, 5) is 19.1. The number of carbonyl (C=O) groups excluding carboxylic acids is 1. The van der Waals surface area contributed by atoms with Gasteiger partial charge in [0.25, 0.3) is 0 Å². The molecule has 0 unspecified atom stereocenters. The van der Waals surface area contributed by atoms with Crippen LogP contribution in [0.4, 0.5) is 5.69 Å². The number of hydrogen-bond acceptors (Lipinski definition) is 4. The minimum Gasteiger partial charge on any atom is -0.492 e. The van der Waals surface area contributed by atoms with Gasteiger partial charge in [-0.1, -0.05) is 18.2 Å². The second kappa shape index (κ2) is 6.61. The molecule has 124 valence electrons. The topological polar surface area (TPSA) is 54.5 Å². The van der Waals surface area contributed by atoms with E-state index in [0.29, 0.717) is 6.61 Å². The van der Waals surface area contributed by atoms with E-state index in [4.69, 9.17) is 4.74 Å². The molecule has 24 heavy (non-hydrogen) atoms. The smallest absolute Gasteiger partial charge is 0.231 e. The van der Waals surface area contributed by atoms with Crippen molar-refractivity contribution in [2.75, 3.05) is 31.1 Å². The summed E-state index contributed by atoms with van der Waals surface area (Å²) >= 11 is 0. The van der Waals surface area contributed by atoms with E-state index < -0.39 is 0 Å². The monoisotopic (exact) mass is 323 g/mol. The van der Waals surface area contributed by atoms with Crippen LogP contribution in [-0.4, -0.2) is 37.1 Å². The molecule has 1 fully saturated rings. The molecule has 1 saturated heterocycles. The fourth-order valence-corrected chi connectivity index (χ4v) is 3.60. The van der Waals surface area contributed by atoms with Gasteiger partial charge in [0.1, 0.15) is 5.75 Å². The van der Waals surface area contributed by atoms with Gasteiger partial charge < -0.3 is 15.0 Å². The predicted molar refractivity (Wildman–Crippen MR) is 92.1 cm³/mol. The van der Waals surface area contributed by atoms with Crippen molar-refractivity contribution >= 4 is 11.6 Å². The van der Waals surface area contributed by atoms with Crippen LogP contribution >= 0.6 is 0 Å². The Kier molecular flexibility index (Phi) is 4.17. The number of pyridine rings is 1. The highest BCUT2D eigenvalue weighted by atomic mass is 16.5. The molecule has 1 amide bonds. The Bertz CT molecular complexity index is 720. The molecule has 2 aliphatic heterocycles. The lowest BCUT2D eigenvalue weighted by Gasteiger charge is -2.24. The lowest BCUT2D eigenvalue weighted by Crippen LogP contribution is -2.39. The van der Waals surface area contributed by atoms with Gasteiger partial charge in [0, 0.05) is 37.4 Å². The first kappa shape index (κ1) is 15.1. The van der Waals surface area contributed by atoms with Crippen LogP contribution in [-0.2, 0) is 11.2 Å². The summed E-state index contributed by atoms with van der Waals surface area (Å²) in [5, 5.41) is 3.34. The first-order chi connectivity index (χ1) is 11.8. The van der Waals surface area contributed by atoms with Gasteiger partial charge in [0.2, 0.25) is 5.91 Å². The number of ether oxygens (including phenoxy) is 1. The third-order valence-electron chi connectivity index (χ3n) is 4.91. The van der Waals surface area contributed by atoms with Gasteiger partial charge in [-0.25, -0.2) is 0 Å². The van der Waals surface area contributed by atoms with Crippen molar-refractivity contribution in [2.24, 2.45) is 11.8 Å². The Morgan fingerprint density at radius 3 is 3.04 bits per heavy atom. The Hall–Kier alpha value is -2.40. The summed E-state index contributed by atoms with van der Waals surface area (Å²) in [5.41, 5.74) is 2.33. The minimum atomic E-state index is -0.0344. The number of nitrogens with zero attached hydrogens (tertiary/aromatic N) is 2. The Labute approximate surface area is 141 Å². The highest BCUT2D eigenvalue weighted by Gasteiger charge is 2.38. The largest absolute Gasteiger partial charge is 0.492 e. The van der Waals surface area contributed by atoms with Crippen molar-refractivity contribution in [3.63, 3.8) is 0 Å². The molecule has 1 aromatic heterocycles. The lowest BCUT2D eigenvalue weighted by molar-refractivity contribution is -0.123. The summed E-state index contributed by atoms with van der Waals surface area (Å²) in [7, 11) is 0. The summed E-state index contributed by atoms with van der Waals surface area (Å²) in [6, 6.07) is 11.9. The van der Waals surface area contributed by atoms with Crippen molar-refractivity contribution in [1.29, 1.82) is 0 Å². The number of fused-ring (bicyclic) bond motifs is 1. The van der Waals surface area contributed by atoms with E-state index in [9.17, 15) is 4.79 Å². The highest BCUT2D eigenvalue weighted by Crippen LogP contribution is 2.31. The average molecular weight is 323 g/mol. The number of rotatable bonds is 4. The number of amides is 1. The van der Waals surface area contributed by atoms with E-state index in [2.05, 4.69) is 16.4 Å². The van der Waals surface area contributed by atoms with Crippen LogP contribution in [0, 0.1) is 11.8 Å². The first-order valence-electron chi connectivity index (χ1n) is 8.46. The van der Waals surface area contributed by atoms with Crippen LogP contribution in [0.3, 0.4) is 0 Å². The zero-order valence-corrected chi connectivity index (χ0v) is 13.5. The Morgan fingerprint density at radius 1 is 1.25 bits per heavy atom. The molecule has 3 heterocycles. The second-order valence-corrected chi connectivity index (χ2v) is 6.39. The summed E-state index contributed by atoms with van der Waals surface area (Å²) in [6.45, 7) is 2.85. The van der Waals surface area contributed by atoms with Gasteiger partial charge in [-0.05, 0) is 30.2 Å². The number of para-hydroxylation sites is 1. The highest BCUT2D eigenvalue weighted by molar-refractivity contribution is 5.97. The molecule has 2 atom stereocenters. The number of aromatic nitrogens is 1. The Morgan fingerprint density at radius 2 is 2.17 bits per heavy atom. The average Bonchev–Trinajstić information content (AvgIpc) is 3.27. The summed E-state index contributed by atoms with van der Waals surface area (Å²) in [6.07, 6.45) is 4.37. The molecule has 4 rings (SSSR count). The number of hydrogen-bond donors (Lipinski definition) is 1. The van der Waals surface area contributed by atoms with Crippen LogP contribution in [0.5, 0.6) is 5.75 Å². The molecule has 0 radical (unpaired) electrons. The Balaban J connectivity index is 1.44. The number of benzene rings is 1. The van der Waals surface area contributed by atoms with Crippen LogP contribution in [0.1, 0.15) is 5.56 Å². The SMILES string of the molecule is O=C([C@@H]1CNC[C@H]1COc1cccnc1)N1CCc2ccccc21. The van der Waals surface area contributed by atoms with E-state index in [-0.39, 0.29) is 17.7 Å². The van der Waals surface area contributed by atoms with E-state index >= 15 is 0 Å². The predicted octanol–water partition coefficient (Wildman–Crippen LogP) is 1.89. The van der Waals surface area contributed by atoms with Crippen molar-refractivity contribution in [3.8, 4) is 5.75 Å². The fourth-order valence-electron chi connectivity index (χ4n) is 3.60. The zero-order chi connectivity index (χ0) is 16.4.